The van der Waals surface area contributed by atoms with Crippen LogP contribution in [0.4, 0.5) is 0 Å². The minimum Gasteiger partial charge on any atom is -0.493 e. The summed E-state index contributed by atoms with van der Waals surface area (Å²) in [5.74, 6) is 1.12. The van der Waals surface area contributed by atoms with Crippen molar-refractivity contribution in [3.05, 3.63) is 23.8 Å². The summed E-state index contributed by atoms with van der Waals surface area (Å²) >= 11 is 0. The van der Waals surface area contributed by atoms with E-state index in [4.69, 9.17) is 18.5 Å². The van der Waals surface area contributed by atoms with Crippen LogP contribution in [0.5, 0.6) is 11.5 Å². The van der Waals surface area contributed by atoms with E-state index in [1.165, 1.54) is 12.8 Å². The number of ether oxygens (including phenoxy) is 2. The molecule has 2 aliphatic carbocycles. The quantitative estimate of drug-likeness (QED) is 0.381. The lowest BCUT2D eigenvalue weighted by Gasteiger charge is -2.35. The highest BCUT2D eigenvalue weighted by atomic mass is 31.2. The Labute approximate surface area is 209 Å². The number of hydrogen-bond acceptors (Lipinski definition) is 7. The van der Waals surface area contributed by atoms with Crippen LogP contribution < -0.4 is 14.8 Å². The number of carbonyl (C=O) groups is 1. The minimum absolute atomic E-state index is 0.0731. The van der Waals surface area contributed by atoms with Gasteiger partial charge in [-0.15, -0.1) is 0 Å². The molecule has 1 aromatic rings. The number of nitrogens with zero attached hydrogens (tertiary/aromatic N) is 1. The molecule has 0 unspecified atom stereocenters. The summed E-state index contributed by atoms with van der Waals surface area (Å²) in [6, 6.07) is 8.33. The highest BCUT2D eigenvalue weighted by Gasteiger charge is 2.40. The molecule has 8 nitrogen and oxygen atoms in total. The average Bonchev–Trinajstić information content (AvgIpc) is 3.37. The number of nitriles is 1. The largest absolute Gasteiger partial charge is 0.493 e. The number of methoxy groups -OCH3 is 1. The number of hydrogen-bond donors (Lipinski definition) is 1. The van der Waals surface area contributed by atoms with Crippen molar-refractivity contribution < 1.29 is 27.9 Å². The lowest BCUT2D eigenvalue weighted by Crippen LogP contribution is -2.38. The van der Waals surface area contributed by atoms with Crippen molar-refractivity contribution in [2.75, 3.05) is 33.0 Å². The molecule has 0 atom stereocenters. The zero-order valence-corrected chi connectivity index (χ0v) is 22.1. The van der Waals surface area contributed by atoms with Crippen LogP contribution in [0.2, 0.25) is 0 Å². The number of rotatable bonds is 12. The molecule has 3 rings (SSSR count). The molecule has 0 saturated heterocycles. The van der Waals surface area contributed by atoms with Crippen molar-refractivity contribution in [3.63, 3.8) is 0 Å². The minimum atomic E-state index is -3.18. The van der Waals surface area contributed by atoms with Crippen molar-refractivity contribution >= 4 is 13.5 Å². The third-order valence-electron chi connectivity index (χ3n) is 7.07. The van der Waals surface area contributed by atoms with Gasteiger partial charge >= 0.3 is 7.60 Å². The highest BCUT2D eigenvalue weighted by Crippen LogP contribution is 2.47. The van der Waals surface area contributed by atoms with Crippen LogP contribution in [0, 0.1) is 17.2 Å². The molecule has 0 bridgehead atoms. The van der Waals surface area contributed by atoms with Crippen LogP contribution in [0.1, 0.15) is 70.8 Å². The Kier molecular flexibility index (Phi) is 10.0. The van der Waals surface area contributed by atoms with E-state index in [2.05, 4.69) is 11.4 Å². The maximum atomic E-state index is 12.8. The Morgan fingerprint density at radius 2 is 1.77 bits per heavy atom. The predicted octanol–water partition coefficient (Wildman–Crippen LogP) is 5.35. The summed E-state index contributed by atoms with van der Waals surface area (Å²) in [5, 5.41) is 13.1. The van der Waals surface area contributed by atoms with Crippen LogP contribution in [-0.4, -0.2) is 45.0 Å². The first-order valence-corrected chi connectivity index (χ1v) is 14.5. The van der Waals surface area contributed by atoms with Gasteiger partial charge in [0.15, 0.2) is 11.5 Å². The van der Waals surface area contributed by atoms with Gasteiger partial charge in [0.1, 0.15) is 0 Å². The molecular formula is C26H39N2O6P. The number of nitrogens with one attached hydrogen (secondary N) is 1. The van der Waals surface area contributed by atoms with E-state index < -0.39 is 13.0 Å². The van der Waals surface area contributed by atoms with Crippen molar-refractivity contribution in [2.24, 2.45) is 5.92 Å². The van der Waals surface area contributed by atoms with Crippen LogP contribution in [-0.2, 0) is 23.8 Å². The molecule has 2 fully saturated rings. The summed E-state index contributed by atoms with van der Waals surface area (Å²) in [6.45, 7) is 4.35. The third-order valence-corrected chi connectivity index (χ3v) is 9.15. The molecule has 194 valence electrons. The topological polar surface area (TPSA) is 107 Å². The van der Waals surface area contributed by atoms with E-state index >= 15 is 0 Å². The molecule has 1 amide bonds. The predicted molar refractivity (Wildman–Crippen MR) is 134 cm³/mol. The Morgan fingerprint density at radius 3 is 2.34 bits per heavy atom. The van der Waals surface area contributed by atoms with Crippen molar-refractivity contribution in [1.29, 1.82) is 5.26 Å². The first-order valence-electron chi connectivity index (χ1n) is 12.8. The van der Waals surface area contributed by atoms with Crippen LogP contribution in [0.3, 0.4) is 0 Å². The molecule has 0 radical (unpaired) electrons. The van der Waals surface area contributed by atoms with Crippen molar-refractivity contribution in [1.82, 2.24) is 5.32 Å². The second-order valence-electron chi connectivity index (χ2n) is 9.32. The van der Waals surface area contributed by atoms with Crippen molar-refractivity contribution in [3.8, 4) is 17.6 Å². The smallest absolute Gasteiger partial charge is 0.332 e. The van der Waals surface area contributed by atoms with Gasteiger partial charge in [-0.1, -0.05) is 6.07 Å². The Hall–Kier alpha value is -2.07. The van der Waals surface area contributed by atoms with Crippen LogP contribution >= 0.6 is 7.60 Å². The van der Waals surface area contributed by atoms with Gasteiger partial charge in [-0.05, 0) is 82.9 Å². The Bertz CT molecular complexity index is 922. The highest BCUT2D eigenvalue weighted by molar-refractivity contribution is 7.53. The molecule has 1 N–H and O–H groups in total. The molecule has 9 heteroatoms. The monoisotopic (exact) mass is 506 g/mol. The Morgan fingerprint density at radius 1 is 1.11 bits per heavy atom. The molecule has 2 aliphatic rings. The standard InChI is InChI=1S/C26H39N2O6P/c1-4-32-35(30,33-5-2)17-16-28-25(29)20-12-14-26(19-27,15-13-20)21-10-11-23(31-3)24(18-21)34-22-8-6-7-9-22/h10-11,18,20,22H,4-9,12-17H2,1-3H3,(H,28,29). The summed E-state index contributed by atoms with van der Waals surface area (Å²) < 4.78 is 34.9. The van der Waals surface area contributed by atoms with E-state index in [0.717, 1.165) is 18.4 Å². The summed E-state index contributed by atoms with van der Waals surface area (Å²) in [7, 11) is -1.56. The zero-order chi connectivity index (χ0) is 25.3. The SMILES string of the molecule is CCOP(=O)(CCNC(=O)C1CCC(C#N)(c2ccc(OC)c(OC3CCCC3)c2)CC1)OCC. The summed E-state index contributed by atoms with van der Waals surface area (Å²) in [6.07, 6.45) is 7.16. The number of carbonyl (C=O) groups excluding carboxylic acids is 1. The van der Waals surface area contributed by atoms with E-state index in [9.17, 15) is 14.6 Å². The summed E-state index contributed by atoms with van der Waals surface area (Å²) in [4.78, 5) is 12.8. The van der Waals surface area contributed by atoms with Crippen LogP contribution in [0.15, 0.2) is 18.2 Å². The van der Waals surface area contributed by atoms with Gasteiger partial charge < -0.3 is 23.8 Å². The van der Waals surface area contributed by atoms with E-state index in [0.29, 0.717) is 50.4 Å². The molecule has 0 heterocycles. The van der Waals surface area contributed by atoms with Gasteiger partial charge in [-0.2, -0.15) is 5.26 Å². The number of benzene rings is 1. The van der Waals surface area contributed by atoms with E-state index in [1.807, 2.05) is 18.2 Å². The lowest BCUT2D eigenvalue weighted by atomic mass is 9.67. The van der Waals surface area contributed by atoms with Gasteiger partial charge in [-0.3, -0.25) is 9.36 Å². The van der Waals surface area contributed by atoms with Gasteiger partial charge in [0.2, 0.25) is 5.91 Å². The zero-order valence-electron chi connectivity index (χ0n) is 21.2. The Balaban J connectivity index is 1.60. The van der Waals surface area contributed by atoms with E-state index in [-0.39, 0.29) is 30.6 Å². The second kappa shape index (κ2) is 12.8. The van der Waals surface area contributed by atoms with Crippen molar-refractivity contribution in [2.45, 2.75) is 76.7 Å². The summed E-state index contributed by atoms with van der Waals surface area (Å²) in [5.41, 5.74) is 0.262. The molecule has 1 aromatic carbocycles. The fourth-order valence-electron chi connectivity index (χ4n) is 5.11. The van der Waals surface area contributed by atoms with Gasteiger partial charge in [0, 0.05) is 12.5 Å². The average molecular weight is 507 g/mol. The molecule has 0 aromatic heterocycles. The second-order valence-corrected chi connectivity index (χ2v) is 11.5. The third kappa shape index (κ3) is 7.00. The molecule has 35 heavy (non-hydrogen) atoms. The first-order chi connectivity index (χ1) is 16.9. The first kappa shape index (κ1) is 27.5. The van der Waals surface area contributed by atoms with Gasteiger partial charge in [0.05, 0.1) is 44.1 Å². The number of amides is 1. The molecular weight excluding hydrogens is 467 g/mol. The molecule has 0 aliphatic heterocycles. The van der Waals surface area contributed by atoms with Gasteiger partial charge in [0.25, 0.3) is 0 Å². The maximum absolute atomic E-state index is 12.8. The fraction of sp³-hybridized carbons (Fsp3) is 0.692. The maximum Gasteiger partial charge on any atom is 0.332 e. The fourth-order valence-corrected chi connectivity index (χ4v) is 6.62. The lowest BCUT2D eigenvalue weighted by molar-refractivity contribution is -0.126. The van der Waals surface area contributed by atoms with Crippen LogP contribution in [0.25, 0.3) is 0 Å². The molecule has 0 spiro atoms. The molecule has 2 saturated carbocycles. The van der Waals surface area contributed by atoms with E-state index in [1.54, 1.807) is 21.0 Å². The van der Waals surface area contributed by atoms with Gasteiger partial charge in [-0.25, -0.2) is 0 Å². The normalized spacial score (nSPS) is 23.0.